The molecule has 0 saturated heterocycles. The van der Waals surface area contributed by atoms with E-state index >= 15 is 0 Å². The van der Waals surface area contributed by atoms with E-state index in [4.69, 9.17) is 0 Å². The SMILES string of the molecule is C=CCCCCC1CCC(C)/C(=C\CC(C(C)CCC)C2CCC(CC)C2C)C1. The molecular weight excluding hydrogens is 348 g/mol. The maximum absolute atomic E-state index is 3.87. The van der Waals surface area contributed by atoms with Crippen LogP contribution in [0, 0.1) is 41.4 Å². The first-order chi connectivity index (χ1) is 14.0. The highest BCUT2D eigenvalue weighted by Gasteiger charge is 2.38. The normalized spacial score (nSPS) is 33.7. The van der Waals surface area contributed by atoms with Gasteiger partial charge in [0, 0.05) is 0 Å². The first-order valence-corrected chi connectivity index (χ1v) is 13.3. The van der Waals surface area contributed by atoms with Gasteiger partial charge in [0.1, 0.15) is 0 Å². The van der Waals surface area contributed by atoms with Gasteiger partial charge in [-0.1, -0.05) is 84.4 Å². The van der Waals surface area contributed by atoms with Crippen molar-refractivity contribution in [1.82, 2.24) is 0 Å². The predicted molar refractivity (Wildman–Crippen MR) is 131 cm³/mol. The number of allylic oxidation sites excluding steroid dienone is 3. The van der Waals surface area contributed by atoms with Crippen LogP contribution in [0.15, 0.2) is 24.3 Å². The van der Waals surface area contributed by atoms with Gasteiger partial charge >= 0.3 is 0 Å². The highest BCUT2D eigenvalue weighted by atomic mass is 14.4. The van der Waals surface area contributed by atoms with Gasteiger partial charge in [0.05, 0.1) is 0 Å². The van der Waals surface area contributed by atoms with Gasteiger partial charge in [-0.2, -0.15) is 0 Å². The summed E-state index contributed by atoms with van der Waals surface area (Å²) in [5.74, 6) is 6.45. The quantitative estimate of drug-likeness (QED) is 0.226. The van der Waals surface area contributed by atoms with Crippen molar-refractivity contribution < 1.29 is 0 Å². The fourth-order valence-electron chi connectivity index (χ4n) is 6.81. The summed E-state index contributed by atoms with van der Waals surface area (Å²) >= 11 is 0. The minimum atomic E-state index is 0.825. The third-order valence-electron chi connectivity index (χ3n) is 8.93. The molecule has 2 fully saturated rings. The van der Waals surface area contributed by atoms with Gasteiger partial charge in [0.2, 0.25) is 0 Å². The van der Waals surface area contributed by atoms with Gasteiger partial charge in [-0.25, -0.2) is 0 Å². The van der Waals surface area contributed by atoms with E-state index in [0.29, 0.717) is 0 Å². The molecule has 29 heavy (non-hydrogen) atoms. The Kier molecular flexibility index (Phi) is 11.1. The van der Waals surface area contributed by atoms with Crippen LogP contribution in [0.5, 0.6) is 0 Å². The van der Waals surface area contributed by atoms with E-state index in [9.17, 15) is 0 Å². The van der Waals surface area contributed by atoms with Crippen molar-refractivity contribution in [2.75, 3.05) is 0 Å². The molecule has 0 spiro atoms. The lowest BCUT2D eigenvalue weighted by molar-refractivity contribution is 0.176. The van der Waals surface area contributed by atoms with Crippen LogP contribution < -0.4 is 0 Å². The summed E-state index contributed by atoms with van der Waals surface area (Å²) in [5.41, 5.74) is 1.82. The van der Waals surface area contributed by atoms with Crippen molar-refractivity contribution in [3.8, 4) is 0 Å². The zero-order valence-corrected chi connectivity index (χ0v) is 20.6. The van der Waals surface area contributed by atoms with E-state index in [1.54, 1.807) is 0 Å². The van der Waals surface area contributed by atoms with Crippen LogP contribution in [-0.2, 0) is 0 Å². The van der Waals surface area contributed by atoms with Gasteiger partial charge in [-0.05, 0) is 92.8 Å². The summed E-state index contributed by atoms with van der Waals surface area (Å²) in [5, 5.41) is 0. The van der Waals surface area contributed by atoms with Gasteiger partial charge in [-0.15, -0.1) is 6.58 Å². The van der Waals surface area contributed by atoms with Gasteiger partial charge in [-0.3, -0.25) is 0 Å². The van der Waals surface area contributed by atoms with Crippen LogP contribution in [0.1, 0.15) is 118 Å². The Morgan fingerprint density at radius 3 is 2.52 bits per heavy atom. The van der Waals surface area contributed by atoms with Crippen molar-refractivity contribution in [3.05, 3.63) is 24.3 Å². The molecule has 0 amide bonds. The van der Waals surface area contributed by atoms with E-state index < -0.39 is 0 Å². The lowest BCUT2D eigenvalue weighted by Crippen LogP contribution is -2.25. The fourth-order valence-corrected chi connectivity index (χ4v) is 6.81. The second kappa shape index (κ2) is 13.0. The Bertz CT molecular complexity index is 486. The lowest BCUT2D eigenvalue weighted by atomic mass is 9.71. The summed E-state index contributed by atoms with van der Waals surface area (Å²) < 4.78 is 0. The minimum absolute atomic E-state index is 0.825. The van der Waals surface area contributed by atoms with E-state index in [1.807, 2.05) is 5.57 Å². The van der Waals surface area contributed by atoms with E-state index in [2.05, 4.69) is 53.3 Å². The largest absolute Gasteiger partial charge is 0.103 e. The lowest BCUT2D eigenvalue weighted by Gasteiger charge is -2.34. The molecule has 0 aliphatic heterocycles. The standard InChI is InChI=1S/C29H52/c1-7-10-11-12-14-25-16-15-22(4)27(21-25)18-19-28(23(5)13-8-2)29-20-17-26(9-3)24(29)6/h7,18,22-26,28-29H,1,8-17,19-21H2,2-6H3/b27-18-. The number of unbranched alkanes of at least 4 members (excludes halogenated alkanes) is 2. The zero-order chi connectivity index (χ0) is 21.2. The van der Waals surface area contributed by atoms with Crippen LogP contribution >= 0.6 is 0 Å². The molecule has 0 aromatic carbocycles. The zero-order valence-electron chi connectivity index (χ0n) is 20.6. The molecule has 2 aliphatic carbocycles. The van der Waals surface area contributed by atoms with Gasteiger partial charge in [0.25, 0.3) is 0 Å². The molecule has 2 rings (SSSR count). The summed E-state index contributed by atoms with van der Waals surface area (Å²) in [7, 11) is 0. The Labute approximate surface area is 184 Å². The van der Waals surface area contributed by atoms with Gasteiger partial charge < -0.3 is 0 Å². The Hall–Kier alpha value is -0.520. The number of hydrogen-bond donors (Lipinski definition) is 0. The Morgan fingerprint density at radius 1 is 1.07 bits per heavy atom. The monoisotopic (exact) mass is 400 g/mol. The molecular formula is C29H52. The summed E-state index contributed by atoms with van der Waals surface area (Å²) in [6.45, 7) is 16.3. The molecule has 0 N–H and O–H groups in total. The number of rotatable bonds is 12. The second-order valence-corrected chi connectivity index (χ2v) is 10.8. The van der Waals surface area contributed by atoms with Crippen LogP contribution in [0.2, 0.25) is 0 Å². The summed E-state index contributed by atoms with van der Waals surface area (Å²) in [4.78, 5) is 0. The van der Waals surface area contributed by atoms with Crippen molar-refractivity contribution in [2.45, 2.75) is 118 Å². The Balaban J connectivity index is 2.01. The molecule has 0 bridgehead atoms. The van der Waals surface area contributed by atoms with Crippen molar-refractivity contribution in [3.63, 3.8) is 0 Å². The van der Waals surface area contributed by atoms with Crippen LogP contribution in [0.25, 0.3) is 0 Å². The third-order valence-corrected chi connectivity index (χ3v) is 8.93. The molecule has 0 aromatic rings. The van der Waals surface area contributed by atoms with Crippen molar-refractivity contribution in [2.24, 2.45) is 41.4 Å². The molecule has 168 valence electrons. The van der Waals surface area contributed by atoms with Crippen LogP contribution in [0.3, 0.4) is 0 Å². The number of hydrogen-bond acceptors (Lipinski definition) is 0. The molecule has 0 heterocycles. The topological polar surface area (TPSA) is 0 Å². The predicted octanol–water partition coefficient (Wildman–Crippen LogP) is 9.61. The van der Waals surface area contributed by atoms with Crippen molar-refractivity contribution in [1.29, 1.82) is 0 Å². The average Bonchev–Trinajstić information content (AvgIpc) is 3.08. The third kappa shape index (κ3) is 7.29. The van der Waals surface area contributed by atoms with Crippen LogP contribution in [-0.4, -0.2) is 0 Å². The molecule has 7 unspecified atom stereocenters. The molecule has 0 aromatic heterocycles. The molecule has 2 aliphatic rings. The molecule has 0 nitrogen and oxygen atoms in total. The van der Waals surface area contributed by atoms with Gasteiger partial charge in [0.15, 0.2) is 0 Å². The fraction of sp³-hybridized carbons (Fsp3) is 0.862. The average molecular weight is 401 g/mol. The maximum Gasteiger partial charge on any atom is -0.0231 e. The van der Waals surface area contributed by atoms with Crippen LogP contribution in [0.4, 0.5) is 0 Å². The first kappa shape index (κ1) is 24.7. The smallest absolute Gasteiger partial charge is 0.0231 e. The Morgan fingerprint density at radius 2 is 1.86 bits per heavy atom. The van der Waals surface area contributed by atoms with E-state index in [-0.39, 0.29) is 0 Å². The van der Waals surface area contributed by atoms with E-state index in [0.717, 1.165) is 41.4 Å². The highest BCUT2D eigenvalue weighted by Crippen LogP contribution is 2.47. The minimum Gasteiger partial charge on any atom is -0.103 e. The highest BCUT2D eigenvalue weighted by molar-refractivity contribution is 5.10. The van der Waals surface area contributed by atoms with Crippen molar-refractivity contribution >= 4 is 0 Å². The second-order valence-electron chi connectivity index (χ2n) is 10.8. The molecule has 2 saturated carbocycles. The molecule has 0 heteroatoms. The maximum atomic E-state index is 3.87. The summed E-state index contributed by atoms with van der Waals surface area (Å²) in [6, 6.07) is 0. The molecule has 0 radical (unpaired) electrons. The summed E-state index contributed by atoms with van der Waals surface area (Å²) in [6.07, 6.45) is 22.9. The first-order valence-electron chi connectivity index (χ1n) is 13.3. The molecule has 7 atom stereocenters. The van der Waals surface area contributed by atoms with E-state index in [1.165, 1.54) is 83.5 Å².